The van der Waals surface area contributed by atoms with Gasteiger partial charge in [0.1, 0.15) is 11.4 Å². The van der Waals surface area contributed by atoms with Crippen molar-refractivity contribution in [2.24, 2.45) is 0 Å². The maximum atomic E-state index is 12.7. The predicted molar refractivity (Wildman–Crippen MR) is 106 cm³/mol. The van der Waals surface area contributed by atoms with Crippen LogP contribution in [0, 0.1) is 0 Å². The van der Waals surface area contributed by atoms with Crippen LogP contribution >= 0.6 is 0 Å². The van der Waals surface area contributed by atoms with Crippen molar-refractivity contribution in [1.29, 1.82) is 0 Å². The molecular formula is C21H21N5O3. The largest absolute Gasteiger partial charge is 0.497 e. The molecule has 2 aromatic heterocycles. The molecule has 0 saturated carbocycles. The number of hydrogen-bond acceptors (Lipinski definition) is 6. The zero-order valence-corrected chi connectivity index (χ0v) is 16.1. The molecule has 3 aromatic rings. The summed E-state index contributed by atoms with van der Waals surface area (Å²) in [7, 11) is 1.62. The number of aromatic nitrogens is 4. The molecule has 1 amide bonds. The molecule has 0 saturated heterocycles. The Morgan fingerprint density at radius 1 is 1.24 bits per heavy atom. The predicted octanol–water partition coefficient (Wildman–Crippen LogP) is 1.75. The third-order valence-corrected chi connectivity index (χ3v) is 5.01. The third kappa shape index (κ3) is 4.16. The van der Waals surface area contributed by atoms with E-state index in [1.807, 2.05) is 24.3 Å². The highest BCUT2D eigenvalue weighted by Gasteiger charge is 2.24. The topological polar surface area (TPSA) is 101 Å². The maximum Gasteiger partial charge on any atom is 0.256 e. The smallest absolute Gasteiger partial charge is 0.256 e. The fourth-order valence-corrected chi connectivity index (χ4v) is 3.38. The monoisotopic (exact) mass is 391 g/mol. The SMILES string of the molecule is COc1ccc(CCC(=O)N2CCc3nc(-c4cnccn4)[nH]c(=O)c3C2)cc1. The molecular weight excluding hydrogens is 370 g/mol. The van der Waals surface area contributed by atoms with E-state index in [1.54, 1.807) is 30.6 Å². The average Bonchev–Trinajstić information content (AvgIpc) is 2.78. The van der Waals surface area contributed by atoms with Gasteiger partial charge in [0.2, 0.25) is 5.91 Å². The summed E-state index contributed by atoms with van der Waals surface area (Å²) in [5, 5.41) is 0. The van der Waals surface area contributed by atoms with Crippen LogP contribution in [-0.4, -0.2) is 44.4 Å². The van der Waals surface area contributed by atoms with E-state index in [1.165, 1.54) is 0 Å². The van der Waals surface area contributed by atoms with Gasteiger partial charge in [0.05, 0.1) is 31.1 Å². The van der Waals surface area contributed by atoms with Crippen molar-refractivity contribution in [1.82, 2.24) is 24.8 Å². The van der Waals surface area contributed by atoms with Crippen molar-refractivity contribution in [2.45, 2.75) is 25.8 Å². The second kappa shape index (κ2) is 8.22. The molecule has 1 N–H and O–H groups in total. The number of carbonyl (C=O) groups is 1. The Bertz CT molecular complexity index is 1060. The Hall–Kier alpha value is -3.55. The number of rotatable bonds is 5. The van der Waals surface area contributed by atoms with Crippen molar-refractivity contribution in [3.05, 3.63) is 70.0 Å². The van der Waals surface area contributed by atoms with E-state index in [0.29, 0.717) is 48.6 Å². The lowest BCUT2D eigenvalue weighted by Crippen LogP contribution is -2.39. The first-order chi connectivity index (χ1) is 14.1. The lowest BCUT2D eigenvalue weighted by Gasteiger charge is -2.28. The van der Waals surface area contributed by atoms with Gasteiger partial charge in [-0.25, -0.2) is 9.97 Å². The second-order valence-electron chi connectivity index (χ2n) is 6.84. The first-order valence-corrected chi connectivity index (χ1v) is 9.43. The number of amides is 1. The molecule has 0 spiro atoms. The lowest BCUT2D eigenvalue weighted by molar-refractivity contribution is -0.132. The van der Waals surface area contributed by atoms with Gasteiger partial charge in [-0.05, 0) is 24.1 Å². The van der Waals surface area contributed by atoms with Crippen LogP contribution in [-0.2, 0) is 24.2 Å². The lowest BCUT2D eigenvalue weighted by atomic mass is 10.0. The number of H-pyrrole nitrogens is 1. The molecule has 0 aliphatic carbocycles. The minimum atomic E-state index is -0.233. The van der Waals surface area contributed by atoms with Gasteiger partial charge in [0.15, 0.2) is 5.82 Å². The van der Waals surface area contributed by atoms with Gasteiger partial charge < -0.3 is 14.6 Å². The fraction of sp³-hybridized carbons (Fsp3) is 0.286. The molecule has 1 aromatic carbocycles. The zero-order chi connectivity index (χ0) is 20.2. The highest BCUT2D eigenvalue weighted by molar-refractivity contribution is 5.76. The Kier molecular flexibility index (Phi) is 5.33. The molecule has 29 heavy (non-hydrogen) atoms. The summed E-state index contributed by atoms with van der Waals surface area (Å²) in [6.07, 6.45) is 6.26. The van der Waals surface area contributed by atoms with Crippen LogP contribution in [0.4, 0.5) is 0 Å². The average molecular weight is 391 g/mol. The van der Waals surface area contributed by atoms with E-state index >= 15 is 0 Å². The van der Waals surface area contributed by atoms with Gasteiger partial charge in [0, 0.05) is 31.8 Å². The van der Waals surface area contributed by atoms with Gasteiger partial charge >= 0.3 is 0 Å². The van der Waals surface area contributed by atoms with E-state index in [2.05, 4.69) is 19.9 Å². The van der Waals surface area contributed by atoms with Crippen LogP contribution in [0.2, 0.25) is 0 Å². The van der Waals surface area contributed by atoms with Crippen molar-refractivity contribution in [3.63, 3.8) is 0 Å². The summed E-state index contributed by atoms with van der Waals surface area (Å²) >= 11 is 0. The molecule has 8 nitrogen and oxygen atoms in total. The first kappa shape index (κ1) is 18.8. The molecule has 0 unspecified atom stereocenters. The van der Waals surface area contributed by atoms with Crippen LogP contribution in [0.3, 0.4) is 0 Å². The number of benzene rings is 1. The number of aryl methyl sites for hydroxylation is 1. The van der Waals surface area contributed by atoms with Crippen LogP contribution in [0.15, 0.2) is 47.7 Å². The quantitative estimate of drug-likeness (QED) is 0.711. The molecule has 148 valence electrons. The van der Waals surface area contributed by atoms with Crippen molar-refractivity contribution >= 4 is 5.91 Å². The molecule has 1 aliphatic heterocycles. The van der Waals surface area contributed by atoms with Crippen LogP contribution in [0.1, 0.15) is 23.2 Å². The number of nitrogens with zero attached hydrogens (tertiary/aromatic N) is 4. The highest BCUT2D eigenvalue weighted by Crippen LogP contribution is 2.18. The van der Waals surface area contributed by atoms with Gasteiger partial charge in [0.25, 0.3) is 5.56 Å². The normalized spacial score (nSPS) is 13.1. The summed E-state index contributed by atoms with van der Waals surface area (Å²) in [6.45, 7) is 0.824. The standard InChI is InChI=1S/C21H21N5O3/c1-29-15-5-2-14(3-6-15)4-7-19(27)26-11-8-17-16(13-26)21(28)25-20(24-17)18-12-22-9-10-23-18/h2-3,5-6,9-10,12H,4,7-8,11,13H2,1H3,(H,24,25,28). The van der Waals surface area contributed by atoms with E-state index in [4.69, 9.17) is 4.74 Å². The van der Waals surface area contributed by atoms with Gasteiger partial charge in [-0.15, -0.1) is 0 Å². The number of nitrogens with one attached hydrogen (secondary N) is 1. The highest BCUT2D eigenvalue weighted by atomic mass is 16.5. The van der Waals surface area contributed by atoms with Crippen molar-refractivity contribution < 1.29 is 9.53 Å². The minimum absolute atomic E-state index is 0.0314. The Balaban J connectivity index is 1.44. The van der Waals surface area contributed by atoms with Crippen LogP contribution in [0.25, 0.3) is 11.5 Å². The summed E-state index contributed by atoms with van der Waals surface area (Å²) in [4.78, 5) is 42.4. The second-order valence-corrected chi connectivity index (χ2v) is 6.84. The molecule has 0 bridgehead atoms. The van der Waals surface area contributed by atoms with E-state index in [9.17, 15) is 9.59 Å². The summed E-state index contributed by atoms with van der Waals surface area (Å²) in [6, 6.07) is 7.69. The molecule has 1 aliphatic rings. The fourth-order valence-electron chi connectivity index (χ4n) is 3.38. The van der Waals surface area contributed by atoms with Crippen molar-refractivity contribution in [2.75, 3.05) is 13.7 Å². The Labute approximate surface area is 167 Å². The molecule has 0 atom stereocenters. The molecule has 0 radical (unpaired) electrons. The van der Waals surface area contributed by atoms with Crippen LogP contribution in [0.5, 0.6) is 5.75 Å². The summed E-state index contributed by atoms with van der Waals surface area (Å²) in [5.74, 6) is 1.23. The van der Waals surface area contributed by atoms with Crippen LogP contribution < -0.4 is 10.3 Å². The molecule has 8 heteroatoms. The molecule has 4 rings (SSSR count). The molecule has 3 heterocycles. The minimum Gasteiger partial charge on any atom is -0.497 e. The Morgan fingerprint density at radius 2 is 2.07 bits per heavy atom. The number of ether oxygens (including phenoxy) is 1. The molecule has 0 fully saturated rings. The van der Waals surface area contributed by atoms with Gasteiger partial charge in [-0.2, -0.15) is 0 Å². The number of methoxy groups -OCH3 is 1. The summed E-state index contributed by atoms with van der Waals surface area (Å²) < 4.78 is 5.15. The van der Waals surface area contributed by atoms with E-state index in [-0.39, 0.29) is 18.0 Å². The number of fused-ring (bicyclic) bond motifs is 1. The van der Waals surface area contributed by atoms with Gasteiger partial charge in [-0.1, -0.05) is 12.1 Å². The number of carbonyl (C=O) groups excluding carboxylic acids is 1. The Morgan fingerprint density at radius 3 is 2.79 bits per heavy atom. The van der Waals surface area contributed by atoms with E-state index in [0.717, 1.165) is 11.3 Å². The maximum absolute atomic E-state index is 12.7. The van der Waals surface area contributed by atoms with Gasteiger partial charge in [-0.3, -0.25) is 14.6 Å². The van der Waals surface area contributed by atoms with Crippen molar-refractivity contribution in [3.8, 4) is 17.3 Å². The number of hydrogen-bond donors (Lipinski definition) is 1. The zero-order valence-electron chi connectivity index (χ0n) is 16.1. The third-order valence-electron chi connectivity index (χ3n) is 5.01. The number of aromatic amines is 1. The first-order valence-electron chi connectivity index (χ1n) is 9.43. The summed E-state index contributed by atoms with van der Waals surface area (Å²) in [5.41, 5.74) is 2.62. The van der Waals surface area contributed by atoms with E-state index < -0.39 is 0 Å².